The maximum atomic E-state index is 13.8. The first-order valence-corrected chi connectivity index (χ1v) is 12.0. The largest absolute Gasteiger partial charge is 0.396 e. The average Bonchev–Trinajstić information content (AvgIpc) is 3.54. The Kier molecular flexibility index (Phi) is 7.45. The number of rotatable bonds is 7. The summed E-state index contributed by atoms with van der Waals surface area (Å²) in [5.74, 6) is -4.17. The summed E-state index contributed by atoms with van der Waals surface area (Å²) in [5, 5.41) is 44.5. The zero-order chi connectivity index (χ0) is 27.0. The van der Waals surface area contributed by atoms with Gasteiger partial charge in [-0.3, -0.25) is 0 Å². The van der Waals surface area contributed by atoms with Crippen LogP contribution in [0.4, 0.5) is 13.2 Å². The molecule has 200 valence electrons. The number of nitrogens with zero attached hydrogens (tertiary/aromatic N) is 6. The maximum absolute atomic E-state index is 13.8. The SMILES string of the molecule is OCC[C@H]1O[C@@H](c2ncnn2Cc2cccc(Cl)c2)[C@H](O)[C@@H](n2cc(-c3cc(F)c(F)c(F)c3)nn2)[C@H]1O. The second-order valence-electron chi connectivity index (χ2n) is 8.82. The topological polar surface area (TPSA) is 131 Å². The second kappa shape index (κ2) is 10.8. The molecule has 0 unspecified atom stereocenters. The number of aliphatic hydroxyl groups excluding tert-OH is 3. The van der Waals surface area contributed by atoms with E-state index in [1.165, 1.54) is 17.2 Å². The Morgan fingerprint density at radius 1 is 1.05 bits per heavy atom. The number of aromatic nitrogens is 6. The van der Waals surface area contributed by atoms with E-state index in [4.69, 9.17) is 16.3 Å². The number of hydrogen-bond donors (Lipinski definition) is 3. The number of aliphatic hydroxyl groups is 3. The van der Waals surface area contributed by atoms with Gasteiger partial charge < -0.3 is 20.1 Å². The fourth-order valence-corrected chi connectivity index (χ4v) is 4.74. The van der Waals surface area contributed by atoms with Gasteiger partial charge in [0.05, 0.1) is 18.8 Å². The highest BCUT2D eigenvalue weighted by atomic mass is 35.5. The van der Waals surface area contributed by atoms with E-state index in [2.05, 4.69) is 20.4 Å². The van der Waals surface area contributed by atoms with Gasteiger partial charge in [0.2, 0.25) is 0 Å². The minimum Gasteiger partial charge on any atom is -0.396 e. The molecule has 5 rings (SSSR count). The minimum absolute atomic E-state index is 0.0203. The van der Waals surface area contributed by atoms with E-state index in [9.17, 15) is 28.5 Å². The van der Waals surface area contributed by atoms with Crippen molar-refractivity contribution in [2.75, 3.05) is 6.61 Å². The molecule has 5 atom stereocenters. The molecule has 0 amide bonds. The summed E-state index contributed by atoms with van der Waals surface area (Å²) in [6.45, 7) is -0.0568. The summed E-state index contributed by atoms with van der Waals surface area (Å²) in [6.07, 6.45) is -2.25. The monoisotopic (exact) mass is 550 g/mol. The predicted octanol–water partition coefficient (Wildman–Crippen LogP) is 2.44. The predicted molar refractivity (Wildman–Crippen MR) is 126 cm³/mol. The first-order valence-electron chi connectivity index (χ1n) is 11.6. The first kappa shape index (κ1) is 26.3. The summed E-state index contributed by atoms with van der Waals surface area (Å²) >= 11 is 6.09. The molecule has 1 aliphatic rings. The van der Waals surface area contributed by atoms with Crippen molar-refractivity contribution < 1.29 is 33.2 Å². The number of halogens is 4. The van der Waals surface area contributed by atoms with Crippen LogP contribution >= 0.6 is 11.6 Å². The van der Waals surface area contributed by atoms with Crippen LogP contribution in [0.5, 0.6) is 0 Å². The van der Waals surface area contributed by atoms with Gasteiger partial charge in [0, 0.05) is 17.2 Å². The van der Waals surface area contributed by atoms with E-state index >= 15 is 0 Å². The summed E-state index contributed by atoms with van der Waals surface area (Å²) in [4.78, 5) is 4.26. The normalized spacial score (nSPS) is 23.6. The van der Waals surface area contributed by atoms with Crippen LogP contribution in [-0.2, 0) is 11.3 Å². The third kappa shape index (κ3) is 5.02. The molecule has 14 heteroatoms. The van der Waals surface area contributed by atoms with Crippen LogP contribution in [0.1, 0.15) is 30.0 Å². The van der Waals surface area contributed by atoms with Crippen molar-refractivity contribution in [3.8, 4) is 11.3 Å². The van der Waals surface area contributed by atoms with Crippen molar-refractivity contribution in [3.63, 3.8) is 0 Å². The molecule has 1 saturated heterocycles. The third-order valence-electron chi connectivity index (χ3n) is 6.34. The molecule has 1 aliphatic heterocycles. The van der Waals surface area contributed by atoms with Crippen LogP contribution in [-0.4, -0.2) is 70.0 Å². The lowest BCUT2D eigenvalue weighted by molar-refractivity contribution is -0.205. The van der Waals surface area contributed by atoms with Crippen molar-refractivity contribution in [2.24, 2.45) is 0 Å². The van der Waals surface area contributed by atoms with Crippen molar-refractivity contribution in [1.29, 1.82) is 0 Å². The quantitative estimate of drug-likeness (QED) is 0.299. The molecule has 3 N–H and O–H groups in total. The zero-order valence-corrected chi connectivity index (χ0v) is 20.3. The molecule has 10 nitrogen and oxygen atoms in total. The van der Waals surface area contributed by atoms with Gasteiger partial charge in [-0.25, -0.2) is 27.5 Å². The zero-order valence-electron chi connectivity index (χ0n) is 19.6. The van der Waals surface area contributed by atoms with Crippen LogP contribution in [0.2, 0.25) is 5.02 Å². The lowest BCUT2D eigenvalue weighted by Crippen LogP contribution is -2.52. The Labute approximate surface area is 218 Å². The van der Waals surface area contributed by atoms with Gasteiger partial charge in [0.15, 0.2) is 23.3 Å². The average molecular weight is 551 g/mol. The van der Waals surface area contributed by atoms with Gasteiger partial charge in [0.25, 0.3) is 0 Å². The smallest absolute Gasteiger partial charge is 0.194 e. The molecular formula is C24H22ClF3N6O4. The molecule has 0 bridgehead atoms. The summed E-state index contributed by atoms with van der Waals surface area (Å²) in [6, 6.07) is 7.48. The highest BCUT2D eigenvalue weighted by Gasteiger charge is 2.48. The van der Waals surface area contributed by atoms with Crippen molar-refractivity contribution in [1.82, 2.24) is 29.8 Å². The summed E-state index contributed by atoms with van der Waals surface area (Å²) in [7, 11) is 0. The Morgan fingerprint density at radius 3 is 2.53 bits per heavy atom. The third-order valence-corrected chi connectivity index (χ3v) is 6.58. The van der Waals surface area contributed by atoms with Crippen LogP contribution in [0.3, 0.4) is 0 Å². The van der Waals surface area contributed by atoms with E-state index < -0.39 is 47.9 Å². The lowest BCUT2D eigenvalue weighted by atomic mass is 9.90. The van der Waals surface area contributed by atoms with Crippen molar-refractivity contribution in [2.45, 2.75) is 43.4 Å². The molecule has 0 radical (unpaired) electrons. The van der Waals surface area contributed by atoms with Gasteiger partial charge in [-0.15, -0.1) is 5.10 Å². The highest BCUT2D eigenvalue weighted by Crippen LogP contribution is 2.39. The Balaban J connectivity index is 1.48. The van der Waals surface area contributed by atoms with E-state index in [0.29, 0.717) is 5.02 Å². The van der Waals surface area contributed by atoms with Crippen molar-refractivity contribution in [3.05, 3.63) is 82.8 Å². The number of hydrogen-bond acceptors (Lipinski definition) is 8. The summed E-state index contributed by atoms with van der Waals surface area (Å²) < 4.78 is 49.5. The first-order chi connectivity index (χ1) is 18.3. The molecule has 0 spiro atoms. The van der Waals surface area contributed by atoms with E-state index in [-0.39, 0.29) is 36.7 Å². The lowest BCUT2D eigenvalue weighted by Gasteiger charge is -2.42. The fourth-order valence-electron chi connectivity index (χ4n) is 4.52. The van der Waals surface area contributed by atoms with E-state index in [1.54, 1.807) is 18.2 Å². The van der Waals surface area contributed by atoms with Gasteiger partial charge in [-0.1, -0.05) is 28.9 Å². The molecule has 1 fully saturated rings. The Morgan fingerprint density at radius 2 is 1.82 bits per heavy atom. The van der Waals surface area contributed by atoms with Crippen LogP contribution in [0.15, 0.2) is 48.9 Å². The van der Waals surface area contributed by atoms with Gasteiger partial charge in [-0.05, 0) is 36.2 Å². The molecular weight excluding hydrogens is 529 g/mol. The van der Waals surface area contributed by atoms with Gasteiger partial charge in [0.1, 0.15) is 36.4 Å². The van der Waals surface area contributed by atoms with Crippen molar-refractivity contribution >= 4 is 11.6 Å². The van der Waals surface area contributed by atoms with E-state index in [1.807, 2.05) is 6.07 Å². The van der Waals surface area contributed by atoms with Crippen LogP contribution < -0.4 is 0 Å². The van der Waals surface area contributed by atoms with Gasteiger partial charge in [-0.2, -0.15) is 5.10 Å². The van der Waals surface area contributed by atoms with Crippen LogP contribution in [0, 0.1) is 17.5 Å². The Hall–Kier alpha value is -3.36. The molecule has 0 saturated carbocycles. The maximum Gasteiger partial charge on any atom is 0.194 e. The number of ether oxygens (including phenoxy) is 1. The molecule has 38 heavy (non-hydrogen) atoms. The van der Waals surface area contributed by atoms with Gasteiger partial charge >= 0.3 is 0 Å². The Bertz CT molecular complexity index is 1410. The van der Waals surface area contributed by atoms with E-state index in [0.717, 1.165) is 22.4 Å². The molecule has 2 aromatic carbocycles. The molecule has 3 heterocycles. The minimum atomic E-state index is -1.62. The second-order valence-corrected chi connectivity index (χ2v) is 9.26. The molecule has 2 aromatic heterocycles. The summed E-state index contributed by atoms with van der Waals surface area (Å²) in [5.41, 5.74) is 0.708. The van der Waals surface area contributed by atoms with Crippen LogP contribution in [0.25, 0.3) is 11.3 Å². The standard InChI is InChI=1S/C24H22ClF3N6O4/c25-14-3-1-2-12(6-14)9-34-24(29-11-30-34)23-22(37)20(21(36)18(38-23)4-5-35)33-10-17(31-32-33)13-7-15(26)19(28)16(27)8-13/h1-3,6-8,10-11,18,20-23,35-37H,4-5,9H2/t18-,20+,21+,22-,23-/m1/s1. The molecule has 4 aromatic rings. The highest BCUT2D eigenvalue weighted by molar-refractivity contribution is 6.30. The number of benzene rings is 2. The fraction of sp³-hybridized carbons (Fsp3) is 0.333. The molecule has 0 aliphatic carbocycles.